The van der Waals surface area contributed by atoms with Crippen LogP contribution in [-0.2, 0) is 0 Å². The molecule has 2 aromatic heterocycles. The molecule has 1 aliphatic heterocycles. The van der Waals surface area contributed by atoms with E-state index in [1.165, 1.54) is 0 Å². The van der Waals surface area contributed by atoms with Crippen molar-refractivity contribution in [3.8, 4) is 21.7 Å². The first kappa shape index (κ1) is 13.9. The molecule has 108 valence electrons. The average molecular weight is 344 g/mol. The van der Waals surface area contributed by atoms with Gasteiger partial charge in [-0.1, -0.05) is 53.7 Å². The monoisotopic (exact) mass is 343 g/mol. The van der Waals surface area contributed by atoms with Gasteiger partial charge in [0, 0.05) is 16.7 Å². The molecule has 0 amide bonds. The molecule has 0 unspecified atom stereocenters. The number of rotatable bonds is 1. The highest BCUT2D eigenvalue weighted by Crippen LogP contribution is 2.42. The van der Waals surface area contributed by atoms with Crippen molar-refractivity contribution in [2.45, 2.75) is 4.90 Å². The highest BCUT2D eigenvalue weighted by atomic mass is 35.5. The zero-order valence-corrected chi connectivity index (χ0v) is 13.7. The molecule has 3 aromatic rings. The van der Waals surface area contributed by atoms with Gasteiger partial charge in [0.2, 0.25) is 0 Å². The number of hydrogen-bond acceptors (Lipinski definition) is 3. The number of aromatic nitrogens is 1. The van der Waals surface area contributed by atoms with Crippen LogP contribution in [-0.4, -0.2) is 4.57 Å². The Balaban J connectivity index is 2.05. The van der Waals surface area contributed by atoms with Crippen LogP contribution in [0.3, 0.4) is 0 Å². The standard InChI is InChI=1S/C17H10ClNOS2/c18-13-10-12(11-4-2-1-3-5-11)17(20)19-7-9-21-14-6-8-22-16(14)15(13)19/h1-10H. The van der Waals surface area contributed by atoms with Crippen molar-refractivity contribution in [1.29, 1.82) is 0 Å². The first-order valence-electron chi connectivity index (χ1n) is 6.67. The van der Waals surface area contributed by atoms with Gasteiger partial charge < -0.3 is 0 Å². The first-order valence-corrected chi connectivity index (χ1v) is 8.81. The van der Waals surface area contributed by atoms with Crippen molar-refractivity contribution in [3.05, 3.63) is 68.6 Å². The number of halogens is 1. The summed E-state index contributed by atoms with van der Waals surface area (Å²) in [4.78, 5) is 15.1. The second-order valence-corrected chi connectivity index (χ2v) is 7.08. The highest BCUT2D eigenvalue weighted by molar-refractivity contribution is 8.02. The second kappa shape index (κ2) is 5.47. The lowest BCUT2D eigenvalue weighted by Crippen LogP contribution is -2.19. The van der Waals surface area contributed by atoms with E-state index in [0.717, 1.165) is 21.0 Å². The number of hydrogen-bond donors (Lipinski definition) is 0. The molecule has 0 atom stereocenters. The minimum absolute atomic E-state index is 0.0521. The lowest BCUT2D eigenvalue weighted by Gasteiger charge is -2.12. The predicted octanol–water partition coefficient (Wildman–Crippen LogP) is 5.43. The third kappa shape index (κ3) is 2.15. The maximum absolute atomic E-state index is 12.9. The summed E-state index contributed by atoms with van der Waals surface area (Å²) >= 11 is 9.73. The van der Waals surface area contributed by atoms with Crippen LogP contribution in [0.15, 0.2) is 62.9 Å². The number of pyridine rings is 1. The van der Waals surface area contributed by atoms with Crippen LogP contribution < -0.4 is 5.56 Å². The van der Waals surface area contributed by atoms with Gasteiger partial charge in [0.15, 0.2) is 0 Å². The molecule has 0 bridgehead atoms. The summed E-state index contributed by atoms with van der Waals surface area (Å²) in [6, 6.07) is 13.4. The molecule has 1 aliphatic rings. The van der Waals surface area contributed by atoms with Crippen LogP contribution in [0.4, 0.5) is 0 Å². The molecule has 1 aromatic carbocycles. The number of thioether (sulfide) groups is 1. The Morgan fingerprint density at radius 1 is 1.09 bits per heavy atom. The van der Waals surface area contributed by atoms with E-state index in [4.69, 9.17) is 11.6 Å². The Bertz CT molecular complexity index is 941. The molecule has 22 heavy (non-hydrogen) atoms. The molecule has 5 heteroatoms. The molecular weight excluding hydrogens is 334 g/mol. The van der Waals surface area contributed by atoms with E-state index in [1.54, 1.807) is 39.9 Å². The van der Waals surface area contributed by atoms with Crippen LogP contribution in [0, 0.1) is 0 Å². The van der Waals surface area contributed by atoms with Gasteiger partial charge in [0.25, 0.3) is 5.56 Å². The van der Waals surface area contributed by atoms with Crippen molar-refractivity contribution < 1.29 is 0 Å². The predicted molar refractivity (Wildman–Crippen MR) is 95.6 cm³/mol. The fourth-order valence-electron chi connectivity index (χ4n) is 2.52. The van der Waals surface area contributed by atoms with E-state index in [0.29, 0.717) is 10.6 Å². The third-order valence-corrected chi connectivity index (χ3v) is 5.71. The molecule has 0 saturated carbocycles. The quantitative estimate of drug-likeness (QED) is 0.587. The SMILES string of the molecule is O=c1c(-c2ccccc2)cc(Cl)c2n1C=CSc1ccsc1-2. The van der Waals surface area contributed by atoms with Gasteiger partial charge in [-0.2, -0.15) is 0 Å². The normalized spacial score (nSPS) is 12.6. The molecule has 0 radical (unpaired) electrons. The smallest absolute Gasteiger partial charge is 0.263 e. The number of thiophene rings is 1. The Hall–Kier alpha value is -1.75. The maximum Gasteiger partial charge on any atom is 0.263 e. The average Bonchev–Trinajstić information content (AvgIpc) is 2.91. The third-order valence-electron chi connectivity index (χ3n) is 3.52. The zero-order valence-electron chi connectivity index (χ0n) is 11.3. The topological polar surface area (TPSA) is 22.0 Å². The summed E-state index contributed by atoms with van der Waals surface area (Å²) in [6.07, 6.45) is 1.80. The zero-order chi connectivity index (χ0) is 15.1. The van der Waals surface area contributed by atoms with Crippen LogP contribution in [0.2, 0.25) is 5.02 Å². The van der Waals surface area contributed by atoms with Crippen LogP contribution in [0.5, 0.6) is 0 Å². The van der Waals surface area contributed by atoms with E-state index in [2.05, 4.69) is 6.07 Å². The van der Waals surface area contributed by atoms with Gasteiger partial charge in [-0.15, -0.1) is 11.3 Å². The van der Waals surface area contributed by atoms with Gasteiger partial charge in [-0.25, -0.2) is 0 Å². The Morgan fingerprint density at radius 3 is 2.73 bits per heavy atom. The number of benzene rings is 1. The Kier molecular flexibility index (Phi) is 3.45. The van der Waals surface area contributed by atoms with E-state index in [9.17, 15) is 4.79 Å². The van der Waals surface area contributed by atoms with Crippen LogP contribution in [0.1, 0.15) is 0 Å². The second-order valence-electron chi connectivity index (χ2n) is 4.81. The van der Waals surface area contributed by atoms with E-state index in [-0.39, 0.29) is 5.56 Å². The van der Waals surface area contributed by atoms with Gasteiger partial charge in [-0.05, 0) is 28.5 Å². The summed E-state index contributed by atoms with van der Waals surface area (Å²) in [6.45, 7) is 0. The molecule has 0 N–H and O–H groups in total. The fourth-order valence-corrected chi connectivity index (χ4v) is 4.76. The lowest BCUT2D eigenvalue weighted by atomic mass is 10.1. The lowest BCUT2D eigenvalue weighted by molar-refractivity contribution is 1.07. The van der Waals surface area contributed by atoms with E-state index < -0.39 is 0 Å². The van der Waals surface area contributed by atoms with Crippen molar-refractivity contribution in [1.82, 2.24) is 4.57 Å². The van der Waals surface area contributed by atoms with Crippen LogP contribution in [0.25, 0.3) is 27.9 Å². The molecule has 2 nitrogen and oxygen atoms in total. The molecular formula is C17H10ClNOS2. The fraction of sp³-hybridized carbons (Fsp3) is 0. The minimum Gasteiger partial charge on any atom is -0.280 e. The van der Waals surface area contributed by atoms with Gasteiger partial charge in [0.05, 0.1) is 15.6 Å². The van der Waals surface area contributed by atoms with E-state index >= 15 is 0 Å². The molecule has 0 fully saturated rings. The minimum atomic E-state index is -0.0521. The summed E-state index contributed by atoms with van der Waals surface area (Å²) in [5, 5.41) is 4.54. The Labute approximate surface area is 140 Å². The van der Waals surface area contributed by atoms with Crippen LogP contribution >= 0.6 is 34.7 Å². The van der Waals surface area contributed by atoms with Crippen molar-refractivity contribution in [2.24, 2.45) is 0 Å². The number of nitrogens with zero attached hydrogens (tertiary/aromatic N) is 1. The molecule has 0 aliphatic carbocycles. The number of fused-ring (bicyclic) bond motifs is 3. The summed E-state index contributed by atoms with van der Waals surface area (Å²) in [5.74, 6) is 0. The summed E-state index contributed by atoms with van der Waals surface area (Å²) < 4.78 is 1.65. The molecule has 3 heterocycles. The van der Waals surface area contributed by atoms with Gasteiger partial charge >= 0.3 is 0 Å². The van der Waals surface area contributed by atoms with Crippen molar-refractivity contribution in [2.75, 3.05) is 0 Å². The van der Waals surface area contributed by atoms with Crippen molar-refractivity contribution in [3.63, 3.8) is 0 Å². The maximum atomic E-state index is 12.9. The molecule has 0 saturated heterocycles. The summed E-state index contributed by atoms with van der Waals surface area (Å²) in [7, 11) is 0. The van der Waals surface area contributed by atoms with Gasteiger partial charge in [-0.3, -0.25) is 9.36 Å². The summed E-state index contributed by atoms with van der Waals surface area (Å²) in [5.41, 5.74) is 2.21. The van der Waals surface area contributed by atoms with Gasteiger partial charge in [0.1, 0.15) is 0 Å². The molecule has 4 rings (SSSR count). The first-order chi connectivity index (χ1) is 10.8. The largest absolute Gasteiger partial charge is 0.280 e. The van der Waals surface area contributed by atoms with Crippen molar-refractivity contribution >= 4 is 40.9 Å². The highest BCUT2D eigenvalue weighted by Gasteiger charge is 2.20. The van der Waals surface area contributed by atoms with E-state index in [1.807, 2.05) is 41.1 Å². The molecule has 0 spiro atoms. The Morgan fingerprint density at radius 2 is 1.91 bits per heavy atom.